The van der Waals surface area contributed by atoms with Crippen LogP contribution in [0.25, 0.3) is 0 Å². The number of ketones is 1. The fourth-order valence-electron chi connectivity index (χ4n) is 4.94. The van der Waals surface area contributed by atoms with Gasteiger partial charge in [0.05, 0.1) is 20.8 Å². The van der Waals surface area contributed by atoms with Gasteiger partial charge in [0.25, 0.3) is 0 Å². The summed E-state index contributed by atoms with van der Waals surface area (Å²) in [6.45, 7) is 6.14. The number of methoxy groups -OCH3 is 2. The van der Waals surface area contributed by atoms with Crippen molar-refractivity contribution in [2.24, 2.45) is 5.92 Å². The first-order valence-electron chi connectivity index (χ1n) is 11.2. The van der Waals surface area contributed by atoms with Crippen molar-refractivity contribution in [1.82, 2.24) is 5.32 Å². The number of ether oxygens (including phenoxy) is 3. The molecular weight excluding hydrogens is 454 g/mol. The Morgan fingerprint density at radius 1 is 1.06 bits per heavy atom. The summed E-state index contributed by atoms with van der Waals surface area (Å²) in [7, 11) is 3.12. The van der Waals surface area contributed by atoms with Crippen molar-refractivity contribution >= 4 is 23.4 Å². The molecule has 7 heteroatoms. The summed E-state index contributed by atoms with van der Waals surface area (Å²) in [4.78, 5) is 26.7. The number of allylic oxidation sites excluding steroid dienone is 2. The molecular formula is C27H28ClNO5. The van der Waals surface area contributed by atoms with Gasteiger partial charge in [-0.15, -0.1) is 0 Å². The lowest BCUT2D eigenvalue weighted by Gasteiger charge is -2.40. The van der Waals surface area contributed by atoms with Gasteiger partial charge in [-0.2, -0.15) is 0 Å². The summed E-state index contributed by atoms with van der Waals surface area (Å²) in [6.07, 6.45) is 0.967. The van der Waals surface area contributed by atoms with Gasteiger partial charge < -0.3 is 19.5 Å². The molecule has 34 heavy (non-hydrogen) atoms. The average molecular weight is 482 g/mol. The van der Waals surface area contributed by atoms with Crippen LogP contribution in [-0.4, -0.2) is 32.6 Å². The molecule has 6 nitrogen and oxygen atoms in total. The highest BCUT2D eigenvalue weighted by Crippen LogP contribution is 2.48. The Bertz CT molecular complexity index is 1150. The normalized spacial score (nSPS) is 22.1. The quantitative estimate of drug-likeness (QED) is 0.576. The minimum atomic E-state index is -0.743. The van der Waals surface area contributed by atoms with Crippen LogP contribution >= 0.6 is 11.6 Å². The van der Waals surface area contributed by atoms with E-state index in [0.29, 0.717) is 40.6 Å². The van der Waals surface area contributed by atoms with Gasteiger partial charge in [0.15, 0.2) is 17.3 Å². The maximum Gasteiger partial charge on any atom is 0.315 e. The van der Waals surface area contributed by atoms with Crippen molar-refractivity contribution < 1.29 is 23.8 Å². The third-order valence-electron chi connectivity index (χ3n) is 6.49. The Kier molecular flexibility index (Phi) is 6.98. The molecule has 1 heterocycles. The second-order valence-corrected chi connectivity index (χ2v) is 8.88. The number of nitrogens with one attached hydrogen (secondary N) is 1. The highest BCUT2D eigenvalue weighted by atomic mass is 35.5. The zero-order chi connectivity index (χ0) is 24.4. The summed E-state index contributed by atoms with van der Waals surface area (Å²) in [5.41, 5.74) is 3.72. The molecule has 0 radical (unpaired) electrons. The van der Waals surface area contributed by atoms with Crippen molar-refractivity contribution in [3.63, 3.8) is 0 Å². The third-order valence-corrected chi connectivity index (χ3v) is 6.74. The van der Waals surface area contributed by atoms with Crippen molar-refractivity contribution in [2.45, 2.75) is 31.6 Å². The third kappa shape index (κ3) is 4.42. The summed E-state index contributed by atoms with van der Waals surface area (Å²) in [5, 5.41) is 3.94. The average Bonchev–Trinajstić information content (AvgIpc) is 2.83. The molecule has 1 N–H and O–H groups in total. The minimum Gasteiger partial charge on any atom is -0.493 e. The maximum atomic E-state index is 13.6. The summed E-state index contributed by atoms with van der Waals surface area (Å²) in [5.74, 6) is -0.604. The highest BCUT2D eigenvalue weighted by Gasteiger charge is 2.45. The van der Waals surface area contributed by atoms with Crippen LogP contribution in [0.3, 0.4) is 0 Å². The molecule has 2 aliphatic rings. The Morgan fingerprint density at radius 2 is 1.74 bits per heavy atom. The van der Waals surface area contributed by atoms with Crippen LogP contribution in [0.1, 0.15) is 42.7 Å². The molecule has 178 valence electrons. The SMILES string of the molecule is C=C1NC2=C(C(=O)CC(c3ccc(Cl)cc3)C2)C(c2ccc(OC)c(OC)c2)C1C(=O)OCC. The van der Waals surface area contributed by atoms with Gasteiger partial charge in [0.1, 0.15) is 5.92 Å². The molecule has 2 aromatic rings. The van der Waals surface area contributed by atoms with Crippen molar-refractivity contribution in [3.8, 4) is 11.5 Å². The molecule has 2 aromatic carbocycles. The Labute approximate surface area is 204 Å². The van der Waals surface area contributed by atoms with Crippen LogP contribution in [0, 0.1) is 5.92 Å². The predicted octanol–water partition coefficient (Wildman–Crippen LogP) is 5.14. The smallest absolute Gasteiger partial charge is 0.315 e. The van der Waals surface area contributed by atoms with E-state index < -0.39 is 17.8 Å². The molecule has 0 amide bonds. The standard InChI is InChI=1S/C27H28ClNO5/c1-5-34-27(31)24-15(2)29-20-12-18(16-6-9-19(28)10-7-16)13-21(30)26(20)25(24)17-8-11-22(32-3)23(14-17)33-4/h6-11,14,18,24-25,29H,2,5,12-13H2,1,3-4H3. The number of halogens is 1. The summed E-state index contributed by atoms with van der Waals surface area (Å²) >= 11 is 6.05. The number of rotatable bonds is 6. The Balaban J connectivity index is 1.81. The molecule has 3 unspecified atom stereocenters. The van der Waals surface area contributed by atoms with Gasteiger partial charge in [0, 0.05) is 34.3 Å². The number of hydrogen-bond donors (Lipinski definition) is 1. The second-order valence-electron chi connectivity index (χ2n) is 8.44. The van der Waals surface area contributed by atoms with Crippen molar-refractivity contribution in [3.05, 3.63) is 82.2 Å². The van der Waals surface area contributed by atoms with Gasteiger partial charge in [-0.25, -0.2) is 0 Å². The fourth-order valence-corrected chi connectivity index (χ4v) is 5.06. The summed E-state index contributed by atoms with van der Waals surface area (Å²) < 4.78 is 16.3. The van der Waals surface area contributed by atoms with E-state index in [1.165, 1.54) is 0 Å². The lowest BCUT2D eigenvalue weighted by molar-refractivity contribution is -0.147. The number of carbonyl (C=O) groups is 2. The van der Waals surface area contributed by atoms with E-state index in [4.69, 9.17) is 25.8 Å². The monoisotopic (exact) mass is 481 g/mol. The minimum absolute atomic E-state index is 0.00437. The van der Waals surface area contributed by atoms with Crippen LogP contribution in [0.2, 0.25) is 5.02 Å². The largest absolute Gasteiger partial charge is 0.493 e. The lowest BCUT2D eigenvalue weighted by atomic mass is 9.69. The van der Waals surface area contributed by atoms with Crippen LogP contribution < -0.4 is 14.8 Å². The van der Waals surface area contributed by atoms with Gasteiger partial charge in [-0.05, 0) is 54.7 Å². The van der Waals surface area contributed by atoms with Gasteiger partial charge >= 0.3 is 5.97 Å². The Morgan fingerprint density at radius 3 is 2.38 bits per heavy atom. The van der Waals surface area contributed by atoms with E-state index in [9.17, 15) is 9.59 Å². The molecule has 0 spiro atoms. The molecule has 0 saturated carbocycles. The first kappa shape index (κ1) is 23.9. The van der Waals surface area contributed by atoms with E-state index in [0.717, 1.165) is 16.8 Å². The number of carbonyl (C=O) groups excluding carboxylic acids is 2. The topological polar surface area (TPSA) is 73.9 Å². The number of esters is 1. The van der Waals surface area contributed by atoms with Crippen molar-refractivity contribution in [2.75, 3.05) is 20.8 Å². The molecule has 0 saturated heterocycles. The van der Waals surface area contributed by atoms with Crippen molar-refractivity contribution in [1.29, 1.82) is 0 Å². The van der Waals surface area contributed by atoms with E-state index in [-0.39, 0.29) is 18.3 Å². The zero-order valence-electron chi connectivity index (χ0n) is 19.5. The van der Waals surface area contributed by atoms with Gasteiger partial charge in [-0.1, -0.05) is 36.4 Å². The molecule has 1 aliphatic heterocycles. The number of Topliss-reactive ketones (excluding diaryl/α,β-unsaturated/α-hetero) is 1. The van der Waals surface area contributed by atoms with Crippen LogP contribution in [0.4, 0.5) is 0 Å². The van der Waals surface area contributed by atoms with Gasteiger partial charge in [0.2, 0.25) is 0 Å². The van der Waals surface area contributed by atoms with E-state index in [1.807, 2.05) is 36.4 Å². The molecule has 0 aromatic heterocycles. The van der Waals surface area contributed by atoms with E-state index >= 15 is 0 Å². The van der Waals surface area contributed by atoms with Gasteiger partial charge in [-0.3, -0.25) is 9.59 Å². The molecule has 0 bridgehead atoms. The van der Waals surface area contributed by atoms with E-state index in [2.05, 4.69) is 11.9 Å². The molecule has 0 fully saturated rings. The first-order valence-corrected chi connectivity index (χ1v) is 11.6. The molecule has 1 aliphatic carbocycles. The highest BCUT2D eigenvalue weighted by molar-refractivity contribution is 6.30. The fraction of sp³-hybridized carbons (Fsp3) is 0.333. The second kappa shape index (κ2) is 9.94. The molecule has 3 atom stereocenters. The van der Waals surface area contributed by atoms with Crippen LogP contribution in [0.15, 0.2) is 66.0 Å². The number of benzene rings is 2. The molecule has 4 rings (SSSR count). The Hall–Kier alpha value is -3.25. The maximum absolute atomic E-state index is 13.6. The van der Waals surface area contributed by atoms with E-state index in [1.54, 1.807) is 27.2 Å². The van der Waals surface area contributed by atoms with Crippen LogP contribution in [0.5, 0.6) is 11.5 Å². The zero-order valence-corrected chi connectivity index (χ0v) is 20.3. The summed E-state index contributed by atoms with van der Waals surface area (Å²) in [6, 6.07) is 13.0. The van der Waals surface area contributed by atoms with Crippen LogP contribution in [-0.2, 0) is 14.3 Å². The lowest BCUT2D eigenvalue weighted by Crippen LogP contribution is -2.42. The first-order chi connectivity index (χ1) is 16.4. The number of hydrogen-bond acceptors (Lipinski definition) is 6. The predicted molar refractivity (Wildman–Crippen MR) is 130 cm³/mol.